The summed E-state index contributed by atoms with van der Waals surface area (Å²) in [7, 11) is 0. The van der Waals surface area contributed by atoms with Crippen molar-refractivity contribution in [2.75, 3.05) is 0 Å². The first-order chi connectivity index (χ1) is 2.50. The van der Waals surface area contributed by atoms with Gasteiger partial charge in [0, 0.05) is 12.4 Å². The van der Waals surface area contributed by atoms with Gasteiger partial charge in [-0.25, -0.2) is 4.98 Å². The first-order valence-electron chi connectivity index (χ1n) is 1.43. The van der Waals surface area contributed by atoms with E-state index in [0.29, 0.717) is 0 Å². The molecule has 1 aromatic heterocycles. The van der Waals surface area contributed by atoms with E-state index in [1.807, 2.05) is 0 Å². The summed E-state index contributed by atoms with van der Waals surface area (Å²) in [4.78, 5) is 6.42. The summed E-state index contributed by atoms with van der Waals surface area (Å²) in [6.45, 7) is 0. The Morgan fingerprint density at radius 2 is 1.67 bits per heavy atom. The average Bonchev–Trinajstić information content (AvgIpc) is 1.76. The third kappa shape index (κ3) is 12.4. The third-order valence-electron chi connectivity index (χ3n) is 0.406. The topological polar surface area (TPSA) is 88.7 Å². The maximum atomic E-state index is 3.67. The summed E-state index contributed by atoms with van der Waals surface area (Å²) in [5.74, 6) is 0. The number of imidazole rings is 1. The van der Waals surface area contributed by atoms with Gasteiger partial charge in [-0.2, -0.15) is 0 Å². The maximum absolute atomic E-state index is 3.67. The Kier molecular flexibility index (Phi) is 40.1. The molecule has 0 radical (unpaired) electrons. The molecule has 0 saturated heterocycles. The van der Waals surface area contributed by atoms with Gasteiger partial charge in [0.25, 0.3) is 0 Å². The molecular formula is C3H6N2Na2O2. The van der Waals surface area contributed by atoms with Gasteiger partial charge in [0.1, 0.15) is 0 Å². The van der Waals surface area contributed by atoms with Crippen LogP contribution in [0, 0.1) is 0 Å². The van der Waals surface area contributed by atoms with Gasteiger partial charge in [-0.3, -0.25) is 0 Å². The largest absolute Gasteiger partial charge is 1.00 e. The number of H-pyrrole nitrogens is 1. The van der Waals surface area contributed by atoms with Gasteiger partial charge in [0.15, 0.2) is 0 Å². The number of rotatable bonds is 0. The zero-order valence-corrected chi connectivity index (χ0v) is 9.57. The molecule has 0 aromatic carbocycles. The number of hydrogen-bond acceptors (Lipinski definition) is 3. The molecular weight excluding hydrogens is 142 g/mol. The SMILES string of the molecule is [Na+].[Na+].[OH-].[OH-].c1c[nH]cn1. The van der Waals surface area contributed by atoms with Gasteiger partial charge in [0.2, 0.25) is 0 Å². The van der Waals surface area contributed by atoms with Crippen LogP contribution < -0.4 is 59.1 Å². The zero-order valence-electron chi connectivity index (χ0n) is 5.57. The number of nitrogens with zero attached hydrogens (tertiary/aromatic N) is 1. The molecule has 0 amide bonds. The van der Waals surface area contributed by atoms with Crippen molar-refractivity contribution < 1.29 is 70.1 Å². The van der Waals surface area contributed by atoms with Gasteiger partial charge < -0.3 is 15.9 Å². The van der Waals surface area contributed by atoms with Crippen molar-refractivity contribution in [3.8, 4) is 0 Å². The summed E-state index contributed by atoms with van der Waals surface area (Å²) in [5, 5.41) is 0. The molecule has 6 heteroatoms. The molecule has 1 heterocycles. The zero-order chi connectivity index (χ0) is 3.54. The van der Waals surface area contributed by atoms with Crippen molar-refractivity contribution in [3.63, 3.8) is 0 Å². The molecule has 1 aromatic rings. The van der Waals surface area contributed by atoms with Crippen LogP contribution in [0.4, 0.5) is 0 Å². The summed E-state index contributed by atoms with van der Waals surface area (Å²) in [6.07, 6.45) is 5.08. The number of aromatic nitrogens is 2. The van der Waals surface area contributed by atoms with Crippen LogP contribution in [-0.2, 0) is 0 Å². The number of nitrogens with one attached hydrogen (secondary N) is 1. The summed E-state index contributed by atoms with van der Waals surface area (Å²) in [6, 6.07) is 0. The van der Waals surface area contributed by atoms with Crippen LogP contribution in [0.1, 0.15) is 0 Å². The second-order valence-electron chi connectivity index (χ2n) is 0.761. The molecule has 3 N–H and O–H groups in total. The normalized spacial score (nSPS) is 4.44. The first kappa shape index (κ1) is 22.5. The average molecular weight is 148 g/mol. The van der Waals surface area contributed by atoms with Crippen molar-refractivity contribution in [2.24, 2.45) is 0 Å². The van der Waals surface area contributed by atoms with Gasteiger partial charge in [-0.1, -0.05) is 0 Å². The fraction of sp³-hybridized carbons (Fsp3) is 0. The van der Waals surface area contributed by atoms with Crippen LogP contribution in [0.15, 0.2) is 18.7 Å². The fourth-order valence-electron chi connectivity index (χ4n) is 0.215. The van der Waals surface area contributed by atoms with Crippen LogP contribution in [0.5, 0.6) is 0 Å². The van der Waals surface area contributed by atoms with Crippen molar-refractivity contribution >= 4 is 0 Å². The second-order valence-corrected chi connectivity index (χ2v) is 0.761. The Morgan fingerprint density at radius 3 is 1.78 bits per heavy atom. The molecule has 42 valence electrons. The Morgan fingerprint density at radius 1 is 1.11 bits per heavy atom. The minimum atomic E-state index is 0. The maximum Gasteiger partial charge on any atom is 1.00 e. The Balaban J connectivity index is -0.0000000312. The molecule has 0 unspecified atom stereocenters. The van der Waals surface area contributed by atoms with Crippen molar-refractivity contribution in [1.82, 2.24) is 9.97 Å². The minimum absolute atomic E-state index is 0. The van der Waals surface area contributed by atoms with E-state index in [9.17, 15) is 0 Å². The van der Waals surface area contributed by atoms with E-state index < -0.39 is 0 Å². The standard InChI is InChI=1S/C3H4N2.2Na.2H2O/c1-2-5-3-4-1;;;;/h1-3H,(H,4,5);;;2*1H2/q;2*+1;;/p-2. The van der Waals surface area contributed by atoms with Crippen LogP contribution in [0.3, 0.4) is 0 Å². The van der Waals surface area contributed by atoms with Gasteiger partial charge in [0.05, 0.1) is 6.33 Å². The van der Waals surface area contributed by atoms with E-state index in [2.05, 4.69) is 9.97 Å². The Hall–Kier alpha value is 1.13. The van der Waals surface area contributed by atoms with E-state index in [4.69, 9.17) is 0 Å². The summed E-state index contributed by atoms with van der Waals surface area (Å²) >= 11 is 0. The predicted molar refractivity (Wildman–Crippen MR) is 22.5 cm³/mol. The molecule has 0 saturated carbocycles. The Bertz CT molecular complexity index is 74.3. The third-order valence-corrected chi connectivity index (χ3v) is 0.406. The smallest absolute Gasteiger partial charge is 0.870 e. The van der Waals surface area contributed by atoms with Crippen molar-refractivity contribution in [2.45, 2.75) is 0 Å². The minimum Gasteiger partial charge on any atom is -0.870 e. The van der Waals surface area contributed by atoms with E-state index in [0.717, 1.165) is 0 Å². The van der Waals surface area contributed by atoms with Crippen LogP contribution >= 0.6 is 0 Å². The monoisotopic (exact) mass is 148 g/mol. The van der Waals surface area contributed by atoms with E-state index in [1.165, 1.54) is 0 Å². The molecule has 1 rings (SSSR count). The van der Waals surface area contributed by atoms with Crippen molar-refractivity contribution in [1.29, 1.82) is 0 Å². The molecule has 9 heavy (non-hydrogen) atoms. The molecule has 0 aliphatic heterocycles. The second kappa shape index (κ2) is 16.1. The predicted octanol–water partition coefficient (Wildman–Crippen LogP) is -5.94. The quantitative estimate of drug-likeness (QED) is 0.371. The number of aromatic amines is 1. The molecule has 0 aliphatic carbocycles. The Labute approximate surface area is 97.6 Å². The van der Waals surface area contributed by atoms with E-state index in [-0.39, 0.29) is 70.1 Å². The molecule has 0 bridgehead atoms. The van der Waals surface area contributed by atoms with Crippen LogP contribution in [-0.4, -0.2) is 20.9 Å². The molecule has 0 aliphatic rings. The molecule has 0 atom stereocenters. The molecule has 0 fully saturated rings. The molecule has 0 spiro atoms. The van der Waals surface area contributed by atoms with E-state index in [1.54, 1.807) is 18.7 Å². The summed E-state index contributed by atoms with van der Waals surface area (Å²) < 4.78 is 0. The number of hydrogen-bond donors (Lipinski definition) is 1. The summed E-state index contributed by atoms with van der Waals surface area (Å²) in [5.41, 5.74) is 0. The van der Waals surface area contributed by atoms with Crippen molar-refractivity contribution in [3.05, 3.63) is 18.7 Å². The fourth-order valence-corrected chi connectivity index (χ4v) is 0.215. The van der Waals surface area contributed by atoms with Gasteiger partial charge in [-0.15, -0.1) is 0 Å². The van der Waals surface area contributed by atoms with E-state index >= 15 is 0 Å². The van der Waals surface area contributed by atoms with Gasteiger partial charge >= 0.3 is 59.1 Å². The molecule has 4 nitrogen and oxygen atoms in total. The first-order valence-corrected chi connectivity index (χ1v) is 1.43. The van der Waals surface area contributed by atoms with Gasteiger partial charge in [-0.05, 0) is 0 Å². The van der Waals surface area contributed by atoms with Crippen LogP contribution in [0.25, 0.3) is 0 Å². The van der Waals surface area contributed by atoms with Crippen LogP contribution in [0.2, 0.25) is 0 Å².